The number of carbonyl (C=O) groups excluding carboxylic acids is 2. The van der Waals surface area contributed by atoms with Crippen molar-refractivity contribution < 1.29 is 24.2 Å². The second kappa shape index (κ2) is 9.45. The van der Waals surface area contributed by atoms with Crippen molar-refractivity contribution in [1.29, 1.82) is 0 Å². The Hall–Kier alpha value is -2.25. The number of rotatable bonds is 7. The van der Waals surface area contributed by atoms with Crippen molar-refractivity contribution in [1.82, 2.24) is 5.32 Å². The second-order valence-corrected chi connectivity index (χ2v) is 6.58. The maximum absolute atomic E-state index is 12.2. The minimum absolute atomic E-state index is 0.0265. The van der Waals surface area contributed by atoms with Crippen molar-refractivity contribution in [3.05, 3.63) is 57.5 Å². The van der Waals surface area contributed by atoms with Crippen LogP contribution in [0.25, 0.3) is 0 Å². The van der Waals surface area contributed by atoms with E-state index in [0.717, 1.165) is 0 Å². The molecule has 0 saturated carbocycles. The summed E-state index contributed by atoms with van der Waals surface area (Å²) in [5.74, 6) is -0.422. The van der Waals surface area contributed by atoms with Crippen LogP contribution < -0.4 is 10.1 Å². The van der Waals surface area contributed by atoms with Crippen LogP contribution in [0.1, 0.15) is 18.0 Å². The molecule has 0 bridgehead atoms. The molecule has 0 aliphatic heterocycles. The number of halogens is 2. The van der Waals surface area contributed by atoms with Crippen LogP contribution in [0.4, 0.5) is 0 Å². The number of nitrogens with one attached hydrogen (secondary N) is 1. The molecule has 1 amide bonds. The number of ether oxygens (including phenoxy) is 2. The average molecular weight is 443 g/mol. The van der Waals surface area contributed by atoms with Gasteiger partial charge < -0.3 is 19.9 Å². The molecule has 2 aromatic rings. The number of carbonyl (C=O) groups is 2. The molecular formula is C18H17BrClNO5. The highest BCUT2D eigenvalue weighted by Crippen LogP contribution is 2.27. The molecule has 2 N–H and O–H groups in total. The highest BCUT2D eigenvalue weighted by Gasteiger charge is 2.24. The SMILES string of the molecule is COC(=O)C(NC(=O)CCOc1cccc(Cl)c1)c1ccc(O)c(Br)c1. The first kappa shape index (κ1) is 20.1. The quantitative estimate of drug-likeness (QED) is 0.640. The molecule has 0 radical (unpaired) electrons. The van der Waals surface area contributed by atoms with E-state index in [1.807, 2.05) is 0 Å². The topological polar surface area (TPSA) is 84.9 Å². The van der Waals surface area contributed by atoms with Crippen molar-refractivity contribution >= 4 is 39.4 Å². The van der Waals surface area contributed by atoms with E-state index < -0.39 is 12.0 Å². The van der Waals surface area contributed by atoms with Crippen LogP contribution in [0.2, 0.25) is 5.02 Å². The van der Waals surface area contributed by atoms with E-state index in [0.29, 0.717) is 20.8 Å². The minimum atomic E-state index is -0.990. The van der Waals surface area contributed by atoms with E-state index in [-0.39, 0.29) is 24.7 Å². The zero-order valence-electron chi connectivity index (χ0n) is 13.9. The Labute approximate surface area is 164 Å². The summed E-state index contributed by atoms with van der Waals surface area (Å²) >= 11 is 9.05. The lowest BCUT2D eigenvalue weighted by atomic mass is 10.1. The predicted molar refractivity (Wildman–Crippen MR) is 100 cm³/mol. The Morgan fingerprint density at radius 1 is 1.27 bits per heavy atom. The Morgan fingerprint density at radius 3 is 2.69 bits per heavy atom. The molecule has 26 heavy (non-hydrogen) atoms. The maximum Gasteiger partial charge on any atom is 0.333 e. The summed E-state index contributed by atoms with van der Waals surface area (Å²) in [6.45, 7) is 0.124. The van der Waals surface area contributed by atoms with Gasteiger partial charge in [0, 0.05) is 5.02 Å². The van der Waals surface area contributed by atoms with Crippen LogP contribution in [0.5, 0.6) is 11.5 Å². The summed E-state index contributed by atoms with van der Waals surface area (Å²) < 4.78 is 10.6. The minimum Gasteiger partial charge on any atom is -0.507 e. The summed E-state index contributed by atoms with van der Waals surface area (Å²) in [5, 5.41) is 12.7. The highest BCUT2D eigenvalue weighted by atomic mass is 79.9. The summed E-state index contributed by atoms with van der Waals surface area (Å²) in [4.78, 5) is 24.2. The van der Waals surface area contributed by atoms with E-state index >= 15 is 0 Å². The van der Waals surface area contributed by atoms with Gasteiger partial charge in [0.25, 0.3) is 0 Å². The Bertz CT molecular complexity index is 799. The highest BCUT2D eigenvalue weighted by molar-refractivity contribution is 9.10. The van der Waals surface area contributed by atoms with Gasteiger partial charge >= 0.3 is 5.97 Å². The molecule has 0 fully saturated rings. The molecule has 8 heteroatoms. The monoisotopic (exact) mass is 441 g/mol. The molecule has 0 aliphatic rings. The summed E-state index contributed by atoms with van der Waals surface area (Å²) in [7, 11) is 1.24. The molecule has 0 heterocycles. The molecule has 0 aliphatic carbocycles. The van der Waals surface area contributed by atoms with Crippen molar-refractivity contribution in [2.75, 3.05) is 13.7 Å². The number of phenolic OH excluding ortho intramolecular Hbond substituents is 1. The van der Waals surface area contributed by atoms with Gasteiger partial charge in [-0.3, -0.25) is 4.79 Å². The first-order valence-corrected chi connectivity index (χ1v) is 8.81. The molecule has 0 spiro atoms. The normalized spacial score (nSPS) is 11.5. The van der Waals surface area contributed by atoms with Crippen LogP contribution in [-0.4, -0.2) is 30.7 Å². The summed E-state index contributed by atoms with van der Waals surface area (Å²) in [6.07, 6.45) is 0.0409. The lowest BCUT2D eigenvalue weighted by molar-refractivity contribution is -0.145. The van der Waals surface area contributed by atoms with Crippen molar-refractivity contribution in [3.8, 4) is 11.5 Å². The van der Waals surface area contributed by atoms with Crippen molar-refractivity contribution in [2.45, 2.75) is 12.5 Å². The molecule has 2 rings (SSSR count). The second-order valence-electron chi connectivity index (χ2n) is 5.29. The third-order valence-electron chi connectivity index (χ3n) is 3.44. The fourth-order valence-corrected chi connectivity index (χ4v) is 2.73. The number of esters is 1. The van der Waals surface area contributed by atoms with E-state index in [4.69, 9.17) is 21.1 Å². The predicted octanol–water partition coefficient (Wildman–Crippen LogP) is 3.61. The molecule has 1 unspecified atom stereocenters. The molecule has 138 valence electrons. The van der Waals surface area contributed by atoms with Gasteiger partial charge in [-0.1, -0.05) is 23.7 Å². The molecule has 6 nitrogen and oxygen atoms in total. The smallest absolute Gasteiger partial charge is 0.333 e. The van der Waals surface area contributed by atoms with Crippen LogP contribution in [0, 0.1) is 0 Å². The number of phenols is 1. The first-order chi connectivity index (χ1) is 12.4. The Kier molecular flexibility index (Phi) is 7.29. The van der Waals surface area contributed by atoms with Crippen molar-refractivity contribution in [2.24, 2.45) is 0 Å². The fourth-order valence-electron chi connectivity index (χ4n) is 2.15. The summed E-state index contributed by atoms with van der Waals surface area (Å²) in [5.41, 5.74) is 0.477. The number of benzene rings is 2. The molecule has 0 aromatic heterocycles. The van der Waals surface area contributed by atoms with E-state index in [1.165, 1.54) is 19.2 Å². The van der Waals surface area contributed by atoms with Crippen molar-refractivity contribution in [3.63, 3.8) is 0 Å². The number of hydrogen-bond acceptors (Lipinski definition) is 5. The average Bonchev–Trinajstić information content (AvgIpc) is 2.61. The molecular weight excluding hydrogens is 426 g/mol. The van der Waals surface area contributed by atoms with E-state index in [2.05, 4.69) is 21.2 Å². The largest absolute Gasteiger partial charge is 0.507 e. The standard InChI is InChI=1S/C18H17BrClNO5/c1-25-18(24)17(11-5-6-15(22)14(19)9-11)21-16(23)7-8-26-13-4-2-3-12(20)10-13/h2-6,9-10,17,22H,7-8H2,1H3,(H,21,23). The third-order valence-corrected chi connectivity index (χ3v) is 4.31. The molecule has 2 aromatic carbocycles. The zero-order chi connectivity index (χ0) is 19.1. The maximum atomic E-state index is 12.2. The third kappa shape index (κ3) is 5.64. The Morgan fingerprint density at radius 2 is 2.04 bits per heavy atom. The fraction of sp³-hybridized carbons (Fsp3) is 0.222. The lowest BCUT2D eigenvalue weighted by Gasteiger charge is -2.17. The number of methoxy groups -OCH3 is 1. The number of hydrogen-bond donors (Lipinski definition) is 2. The van der Waals surface area contributed by atoms with Crippen LogP contribution >= 0.6 is 27.5 Å². The first-order valence-electron chi connectivity index (χ1n) is 7.64. The van der Waals surface area contributed by atoms with E-state index in [1.54, 1.807) is 30.3 Å². The van der Waals surface area contributed by atoms with Crippen LogP contribution in [0.15, 0.2) is 46.9 Å². The van der Waals surface area contributed by atoms with Gasteiger partial charge in [0.05, 0.1) is 24.6 Å². The van der Waals surface area contributed by atoms with Gasteiger partial charge in [-0.05, 0) is 51.8 Å². The van der Waals surface area contributed by atoms with Crippen LogP contribution in [-0.2, 0) is 14.3 Å². The van der Waals surface area contributed by atoms with Gasteiger partial charge in [-0.15, -0.1) is 0 Å². The molecule has 1 atom stereocenters. The number of aromatic hydroxyl groups is 1. The van der Waals surface area contributed by atoms with Gasteiger partial charge in [0.15, 0.2) is 6.04 Å². The van der Waals surface area contributed by atoms with Gasteiger partial charge in [-0.2, -0.15) is 0 Å². The van der Waals surface area contributed by atoms with Gasteiger partial charge in [-0.25, -0.2) is 4.79 Å². The van der Waals surface area contributed by atoms with E-state index in [9.17, 15) is 14.7 Å². The van der Waals surface area contributed by atoms with Gasteiger partial charge in [0.1, 0.15) is 11.5 Å². The lowest BCUT2D eigenvalue weighted by Crippen LogP contribution is -2.35. The van der Waals surface area contributed by atoms with Crippen LogP contribution in [0.3, 0.4) is 0 Å². The zero-order valence-corrected chi connectivity index (χ0v) is 16.2. The Balaban J connectivity index is 1.97. The van der Waals surface area contributed by atoms with Gasteiger partial charge in [0.2, 0.25) is 5.91 Å². The number of amides is 1. The molecule has 0 saturated heterocycles. The summed E-state index contributed by atoms with van der Waals surface area (Å²) in [6, 6.07) is 10.3.